The number of thioether (sulfide) groups is 1. The number of alkyl halides is 1. The number of esters is 1. The summed E-state index contributed by atoms with van der Waals surface area (Å²) in [7, 11) is 0. The van der Waals surface area contributed by atoms with Crippen LogP contribution in [0.1, 0.15) is 47.0 Å². The highest BCUT2D eigenvalue weighted by atomic mass is 79.9. The summed E-state index contributed by atoms with van der Waals surface area (Å²) >= 11 is 5.27. The molecule has 0 radical (unpaired) electrons. The lowest BCUT2D eigenvalue weighted by molar-refractivity contribution is -0.154. The molecule has 0 aliphatic carbocycles. The third-order valence-corrected chi connectivity index (χ3v) is 9.60. The molecule has 7 nitrogen and oxygen atoms in total. The third kappa shape index (κ3) is 3.61. The molecule has 3 rings (SSSR count). The molecule has 0 aromatic carbocycles. The van der Waals surface area contributed by atoms with Gasteiger partial charge in [-0.05, 0) is 33.6 Å². The maximum absolute atomic E-state index is 13.5. The summed E-state index contributed by atoms with van der Waals surface area (Å²) in [6.45, 7) is 7.53. The minimum absolute atomic E-state index is 0.00596. The van der Waals surface area contributed by atoms with E-state index in [2.05, 4.69) is 28.2 Å². The first-order valence-electron chi connectivity index (χ1n) is 10.4. The second-order valence-corrected chi connectivity index (χ2v) is 11.1. The Morgan fingerprint density at radius 2 is 2.10 bits per heavy atom. The molecule has 3 heterocycles. The summed E-state index contributed by atoms with van der Waals surface area (Å²) in [5, 5.41) is 12.8. The highest BCUT2D eigenvalue weighted by Crippen LogP contribution is 2.68. The number of hydrogen-bond acceptors (Lipinski definition) is 6. The van der Waals surface area contributed by atoms with Crippen molar-refractivity contribution in [1.82, 2.24) is 10.2 Å². The number of carbonyl (C=O) groups excluding carboxylic acids is 3. The molecule has 3 aliphatic heterocycles. The lowest BCUT2D eigenvalue weighted by Crippen LogP contribution is -2.57. The van der Waals surface area contributed by atoms with Crippen LogP contribution >= 0.6 is 27.7 Å². The monoisotopic (exact) mass is 490 g/mol. The first-order valence-corrected chi connectivity index (χ1v) is 12.2. The van der Waals surface area contributed by atoms with Crippen LogP contribution in [0.25, 0.3) is 0 Å². The van der Waals surface area contributed by atoms with Gasteiger partial charge in [0.25, 0.3) is 0 Å². The number of likely N-dealkylation sites (tertiary alicyclic amines) is 1. The number of carbonyl (C=O) groups is 3. The van der Waals surface area contributed by atoms with Gasteiger partial charge in [0.15, 0.2) is 0 Å². The first kappa shape index (κ1) is 22.9. The summed E-state index contributed by atoms with van der Waals surface area (Å²) in [5.74, 6) is -1.96. The highest BCUT2D eigenvalue weighted by molar-refractivity contribution is 9.09. The maximum atomic E-state index is 13.5. The normalized spacial score (nSPS) is 37.4. The van der Waals surface area contributed by atoms with Gasteiger partial charge in [0.05, 0.1) is 35.8 Å². The number of nitrogens with one attached hydrogen (secondary N) is 1. The number of ether oxygens (including phenoxy) is 1. The van der Waals surface area contributed by atoms with Crippen LogP contribution in [0.2, 0.25) is 0 Å². The Hall–Kier alpha value is -0.800. The van der Waals surface area contributed by atoms with Crippen LogP contribution in [-0.2, 0) is 19.1 Å². The van der Waals surface area contributed by atoms with Crippen LogP contribution in [0.4, 0.5) is 0 Å². The number of halogens is 1. The van der Waals surface area contributed by atoms with E-state index >= 15 is 0 Å². The molecule has 29 heavy (non-hydrogen) atoms. The van der Waals surface area contributed by atoms with E-state index in [1.54, 1.807) is 25.6 Å². The van der Waals surface area contributed by atoms with E-state index in [0.29, 0.717) is 6.42 Å². The Kier molecular flexibility index (Phi) is 6.90. The molecule has 8 atom stereocenters. The predicted molar refractivity (Wildman–Crippen MR) is 115 cm³/mol. The number of aliphatic hydroxyl groups excluding tert-OH is 1. The van der Waals surface area contributed by atoms with Crippen LogP contribution in [-0.4, -0.2) is 74.0 Å². The highest BCUT2D eigenvalue weighted by Gasteiger charge is 2.76. The summed E-state index contributed by atoms with van der Waals surface area (Å²) in [5.41, 5.74) is 0. The average molecular weight is 491 g/mol. The zero-order valence-corrected chi connectivity index (χ0v) is 19.8. The maximum Gasteiger partial charge on any atom is 0.310 e. The Bertz CT molecular complexity index is 679. The summed E-state index contributed by atoms with van der Waals surface area (Å²) in [6, 6.07) is -1.22. The zero-order chi connectivity index (χ0) is 21.5. The van der Waals surface area contributed by atoms with Crippen molar-refractivity contribution in [3.8, 4) is 0 Å². The molecular formula is C20H31BrN2O5S. The van der Waals surface area contributed by atoms with Crippen molar-refractivity contribution in [2.24, 2.45) is 11.8 Å². The lowest BCUT2D eigenvalue weighted by Gasteiger charge is -2.37. The van der Waals surface area contributed by atoms with E-state index in [4.69, 9.17) is 4.74 Å². The van der Waals surface area contributed by atoms with Crippen LogP contribution < -0.4 is 5.32 Å². The molecule has 3 fully saturated rings. The molecular weight excluding hydrogens is 460 g/mol. The van der Waals surface area contributed by atoms with Gasteiger partial charge in [-0.15, -0.1) is 11.8 Å². The predicted octanol–water partition coefficient (Wildman–Crippen LogP) is 1.70. The number of rotatable bonds is 8. The molecule has 2 bridgehead atoms. The molecule has 3 aliphatic rings. The fourth-order valence-corrected chi connectivity index (χ4v) is 8.85. The molecule has 3 saturated heterocycles. The van der Waals surface area contributed by atoms with E-state index in [-0.39, 0.29) is 47.1 Å². The quantitative estimate of drug-likeness (QED) is 0.397. The molecule has 2 N–H and O–H groups in total. The van der Waals surface area contributed by atoms with Crippen molar-refractivity contribution in [2.45, 2.75) is 79.9 Å². The second-order valence-electron chi connectivity index (χ2n) is 8.39. The van der Waals surface area contributed by atoms with Gasteiger partial charge in [0.2, 0.25) is 11.8 Å². The van der Waals surface area contributed by atoms with Crippen LogP contribution in [0.3, 0.4) is 0 Å². The fraction of sp³-hybridized carbons (Fsp3) is 0.850. The van der Waals surface area contributed by atoms with E-state index in [1.165, 1.54) is 4.90 Å². The van der Waals surface area contributed by atoms with E-state index < -0.39 is 28.7 Å². The standard InChI is InChI=1S/C20H31BrN2O5S/c1-5-7-10(3)22-17(25)16-20-8-12(21)15(29-20)13(19(27)28-6-2)14(20)18(26)23(16)11(4)9-24/h10-16,24H,5-9H2,1-4H3,(H,22,25)/t10?,11-,12?,13-,14+,15-,16?,20?/m1/s1. The van der Waals surface area contributed by atoms with Crippen molar-refractivity contribution in [3.05, 3.63) is 0 Å². The van der Waals surface area contributed by atoms with Crippen LogP contribution in [0, 0.1) is 11.8 Å². The van der Waals surface area contributed by atoms with Crippen LogP contribution in [0.5, 0.6) is 0 Å². The van der Waals surface area contributed by atoms with Gasteiger partial charge in [-0.2, -0.15) is 0 Å². The minimum atomic E-state index is -0.712. The smallest absolute Gasteiger partial charge is 0.310 e. The minimum Gasteiger partial charge on any atom is -0.466 e. The van der Waals surface area contributed by atoms with Gasteiger partial charge < -0.3 is 20.1 Å². The number of nitrogens with zero attached hydrogens (tertiary/aromatic N) is 1. The van der Waals surface area contributed by atoms with Crippen LogP contribution in [0.15, 0.2) is 0 Å². The Labute approximate surface area is 184 Å². The topological polar surface area (TPSA) is 95.9 Å². The second kappa shape index (κ2) is 8.75. The summed E-state index contributed by atoms with van der Waals surface area (Å²) in [6.07, 6.45) is 2.42. The van der Waals surface area contributed by atoms with E-state index in [0.717, 1.165) is 12.8 Å². The Balaban J connectivity index is 2.01. The molecule has 9 heteroatoms. The average Bonchev–Trinajstić information content (AvgIpc) is 3.25. The van der Waals surface area contributed by atoms with Gasteiger partial charge >= 0.3 is 5.97 Å². The third-order valence-electron chi connectivity index (χ3n) is 6.38. The lowest BCUT2D eigenvalue weighted by atomic mass is 9.71. The first-order chi connectivity index (χ1) is 13.7. The van der Waals surface area contributed by atoms with E-state index in [9.17, 15) is 19.5 Å². The van der Waals surface area contributed by atoms with Gasteiger partial charge in [-0.1, -0.05) is 29.3 Å². The van der Waals surface area contributed by atoms with Crippen molar-refractivity contribution in [1.29, 1.82) is 0 Å². The summed E-state index contributed by atoms with van der Waals surface area (Å²) in [4.78, 5) is 41.3. The van der Waals surface area contributed by atoms with E-state index in [1.807, 2.05) is 6.92 Å². The van der Waals surface area contributed by atoms with Gasteiger partial charge in [-0.3, -0.25) is 14.4 Å². The zero-order valence-electron chi connectivity index (χ0n) is 17.4. The molecule has 0 saturated carbocycles. The molecule has 0 aromatic rings. The number of fused-ring (bicyclic) bond motifs is 1. The fourth-order valence-electron chi connectivity index (χ4n) is 5.26. The molecule has 4 unspecified atom stereocenters. The molecule has 1 spiro atoms. The SMILES string of the molecule is CCCC(C)NC(=O)C1N([C@H](C)CO)C(=O)[C@@H]2[C@@H](C(=O)OCC)[C@@H]3SC12CC3Br. The molecule has 0 aromatic heterocycles. The van der Waals surface area contributed by atoms with Crippen molar-refractivity contribution in [3.63, 3.8) is 0 Å². The summed E-state index contributed by atoms with van der Waals surface area (Å²) < 4.78 is 4.61. The van der Waals surface area contributed by atoms with Crippen molar-refractivity contribution in [2.75, 3.05) is 13.2 Å². The van der Waals surface area contributed by atoms with Crippen molar-refractivity contribution < 1.29 is 24.2 Å². The van der Waals surface area contributed by atoms with Gasteiger partial charge in [-0.25, -0.2) is 0 Å². The number of aliphatic hydroxyl groups is 1. The number of hydrogen-bond donors (Lipinski definition) is 2. The Morgan fingerprint density at radius 1 is 1.41 bits per heavy atom. The van der Waals surface area contributed by atoms with Gasteiger partial charge in [0, 0.05) is 16.1 Å². The largest absolute Gasteiger partial charge is 0.466 e. The molecule has 164 valence electrons. The van der Waals surface area contributed by atoms with Gasteiger partial charge in [0.1, 0.15) is 6.04 Å². The number of amides is 2. The van der Waals surface area contributed by atoms with Crippen molar-refractivity contribution >= 4 is 45.5 Å². The Morgan fingerprint density at radius 3 is 2.69 bits per heavy atom. The molecule has 2 amide bonds.